The van der Waals surface area contributed by atoms with Crippen molar-refractivity contribution in [1.29, 1.82) is 0 Å². The van der Waals surface area contributed by atoms with Crippen LogP contribution in [0.25, 0.3) is 10.1 Å². The largest absolute Gasteiger partial charge is 0.143 e. The van der Waals surface area contributed by atoms with Gasteiger partial charge in [-0.25, -0.2) is 0 Å². The number of fused-ring (bicyclic) bond motifs is 1. The van der Waals surface area contributed by atoms with Crippen LogP contribution < -0.4 is 0 Å². The van der Waals surface area contributed by atoms with Crippen molar-refractivity contribution < 1.29 is 0 Å². The lowest BCUT2D eigenvalue weighted by Gasteiger charge is -2.00. The average molecular weight is 276 g/mol. The molecular weight excluding hydrogens is 268 g/mol. The number of alkyl halides is 1. The Morgan fingerprint density at radius 3 is 2.92 bits per heavy atom. The molecule has 2 aromatic rings. The second kappa shape index (κ2) is 3.60. The molecule has 68 valence electrons. The molecular formula is C10H8BrClS. The zero-order valence-corrected chi connectivity index (χ0v) is 10.3. The van der Waals surface area contributed by atoms with Gasteiger partial charge in [-0.05, 0) is 35.6 Å². The van der Waals surface area contributed by atoms with Gasteiger partial charge in [0.1, 0.15) is 0 Å². The summed E-state index contributed by atoms with van der Waals surface area (Å²) >= 11 is 11.1. The fraction of sp³-hybridized carbons (Fsp3) is 0.200. The van der Waals surface area contributed by atoms with Gasteiger partial charge >= 0.3 is 0 Å². The monoisotopic (exact) mass is 274 g/mol. The third kappa shape index (κ3) is 1.63. The van der Waals surface area contributed by atoms with Gasteiger partial charge in [0.2, 0.25) is 0 Å². The number of rotatable bonds is 1. The fourth-order valence-corrected chi connectivity index (χ4v) is 3.53. The number of aryl methyl sites for hydroxylation is 1. The lowest BCUT2D eigenvalue weighted by Crippen LogP contribution is -1.78. The lowest BCUT2D eigenvalue weighted by molar-refractivity contribution is 1.42. The Bertz CT molecular complexity index is 447. The summed E-state index contributed by atoms with van der Waals surface area (Å²) in [5, 5.41) is 3.49. The SMILES string of the molecule is Cc1csc2cc(CCl)cc(Br)c12. The maximum atomic E-state index is 5.79. The predicted molar refractivity (Wildman–Crippen MR) is 63.8 cm³/mol. The van der Waals surface area contributed by atoms with E-state index in [1.165, 1.54) is 21.2 Å². The van der Waals surface area contributed by atoms with Gasteiger partial charge in [0, 0.05) is 20.4 Å². The Morgan fingerprint density at radius 1 is 1.46 bits per heavy atom. The lowest BCUT2D eigenvalue weighted by atomic mass is 10.1. The molecule has 0 saturated heterocycles. The van der Waals surface area contributed by atoms with E-state index in [0.717, 1.165) is 4.47 Å². The van der Waals surface area contributed by atoms with Crippen molar-refractivity contribution in [3.63, 3.8) is 0 Å². The molecule has 2 rings (SSSR count). The first-order chi connectivity index (χ1) is 6.22. The van der Waals surface area contributed by atoms with Gasteiger partial charge < -0.3 is 0 Å². The normalized spacial score (nSPS) is 11.0. The summed E-state index contributed by atoms with van der Waals surface area (Å²) in [6.07, 6.45) is 0. The van der Waals surface area contributed by atoms with Gasteiger partial charge in [0.05, 0.1) is 0 Å². The van der Waals surface area contributed by atoms with E-state index in [2.05, 4.69) is 40.4 Å². The highest BCUT2D eigenvalue weighted by Gasteiger charge is 2.05. The Balaban J connectivity index is 2.79. The predicted octanol–water partition coefficient (Wildman–Crippen LogP) is 4.71. The zero-order chi connectivity index (χ0) is 9.42. The molecule has 0 fully saturated rings. The van der Waals surface area contributed by atoms with Crippen molar-refractivity contribution in [3.8, 4) is 0 Å². The van der Waals surface area contributed by atoms with E-state index in [0.29, 0.717) is 5.88 Å². The standard InChI is InChI=1S/C10H8BrClS/c1-6-5-13-9-3-7(4-12)2-8(11)10(6)9/h2-3,5H,4H2,1H3. The molecule has 1 heterocycles. The van der Waals surface area contributed by atoms with Crippen molar-refractivity contribution >= 4 is 49.0 Å². The van der Waals surface area contributed by atoms with E-state index in [4.69, 9.17) is 11.6 Å². The molecule has 0 bridgehead atoms. The molecule has 0 aliphatic carbocycles. The van der Waals surface area contributed by atoms with Crippen molar-refractivity contribution in [2.24, 2.45) is 0 Å². The molecule has 13 heavy (non-hydrogen) atoms. The van der Waals surface area contributed by atoms with Gasteiger partial charge in [-0.3, -0.25) is 0 Å². The molecule has 0 unspecified atom stereocenters. The van der Waals surface area contributed by atoms with E-state index in [1.54, 1.807) is 11.3 Å². The summed E-state index contributed by atoms with van der Waals surface area (Å²) in [5.41, 5.74) is 2.50. The van der Waals surface area contributed by atoms with E-state index >= 15 is 0 Å². The minimum atomic E-state index is 0.575. The van der Waals surface area contributed by atoms with Crippen LogP contribution in [0.15, 0.2) is 22.0 Å². The number of hydrogen-bond donors (Lipinski definition) is 0. The maximum absolute atomic E-state index is 5.79. The second-order valence-corrected chi connectivity index (χ2v) is 5.04. The van der Waals surface area contributed by atoms with Gasteiger partial charge in [0.15, 0.2) is 0 Å². The summed E-state index contributed by atoms with van der Waals surface area (Å²) in [6.45, 7) is 2.13. The van der Waals surface area contributed by atoms with Crippen molar-refractivity contribution in [3.05, 3.63) is 33.1 Å². The Hall–Kier alpha value is -0.0500. The highest BCUT2D eigenvalue weighted by molar-refractivity contribution is 9.10. The molecule has 0 spiro atoms. The third-order valence-electron chi connectivity index (χ3n) is 2.03. The van der Waals surface area contributed by atoms with Gasteiger partial charge in [-0.1, -0.05) is 15.9 Å². The second-order valence-electron chi connectivity index (χ2n) is 3.00. The minimum absolute atomic E-state index is 0.575. The zero-order valence-electron chi connectivity index (χ0n) is 7.10. The first-order valence-corrected chi connectivity index (χ1v) is 6.15. The topological polar surface area (TPSA) is 0 Å². The first kappa shape index (κ1) is 9.50. The summed E-state index contributed by atoms with van der Waals surface area (Å²) in [4.78, 5) is 0. The van der Waals surface area contributed by atoms with Crippen LogP contribution in [0.5, 0.6) is 0 Å². The van der Waals surface area contributed by atoms with Crippen LogP contribution in [-0.2, 0) is 5.88 Å². The molecule has 0 atom stereocenters. The molecule has 0 aliphatic rings. The average Bonchev–Trinajstić information content (AvgIpc) is 2.48. The van der Waals surface area contributed by atoms with Gasteiger partial charge in [-0.2, -0.15) is 0 Å². The maximum Gasteiger partial charge on any atom is 0.0474 e. The summed E-state index contributed by atoms with van der Waals surface area (Å²) < 4.78 is 2.46. The summed E-state index contributed by atoms with van der Waals surface area (Å²) in [5.74, 6) is 0.575. The number of hydrogen-bond acceptors (Lipinski definition) is 1. The van der Waals surface area contributed by atoms with Crippen molar-refractivity contribution in [2.75, 3.05) is 0 Å². The van der Waals surface area contributed by atoms with E-state index in [1.807, 2.05) is 0 Å². The molecule has 0 saturated carbocycles. The molecule has 1 aromatic carbocycles. The minimum Gasteiger partial charge on any atom is -0.143 e. The molecule has 0 aliphatic heterocycles. The molecule has 0 nitrogen and oxygen atoms in total. The van der Waals surface area contributed by atoms with Crippen LogP contribution in [0.3, 0.4) is 0 Å². The number of thiophene rings is 1. The molecule has 1 aromatic heterocycles. The first-order valence-electron chi connectivity index (χ1n) is 3.94. The van der Waals surface area contributed by atoms with Gasteiger partial charge in [0.25, 0.3) is 0 Å². The molecule has 0 amide bonds. The van der Waals surface area contributed by atoms with E-state index < -0.39 is 0 Å². The van der Waals surface area contributed by atoms with Crippen LogP contribution in [0.2, 0.25) is 0 Å². The smallest absolute Gasteiger partial charge is 0.0474 e. The molecule has 0 N–H and O–H groups in total. The highest BCUT2D eigenvalue weighted by atomic mass is 79.9. The summed E-state index contributed by atoms with van der Waals surface area (Å²) in [6, 6.07) is 4.25. The van der Waals surface area contributed by atoms with Crippen LogP contribution in [0.1, 0.15) is 11.1 Å². The highest BCUT2D eigenvalue weighted by Crippen LogP contribution is 2.33. The van der Waals surface area contributed by atoms with Crippen LogP contribution in [0.4, 0.5) is 0 Å². The quantitative estimate of drug-likeness (QED) is 0.661. The van der Waals surface area contributed by atoms with Gasteiger partial charge in [-0.15, -0.1) is 22.9 Å². The Morgan fingerprint density at radius 2 is 2.23 bits per heavy atom. The Labute approximate surface area is 94.7 Å². The van der Waals surface area contributed by atoms with Crippen LogP contribution >= 0.6 is 38.9 Å². The van der Waals surface area contributed by atoms with Crippen molar-refractivity contribution in [2.45, 2.75) is 12.8 Å². The Kier molecular flexibility index (Phi) is 2.63. The molecule has 3 heteroatoms. The number of benzene rings is 1. The van der Waals surface area contributed by atoms with Crippen LogP contribution in [-0.4, -0.2) is 0 Å². The third-order valence-corrected chi connectivity index (χ3v) is 4.01. The summed E-state index contributed by atoms with van der Waals surface area (Å²) in [7, 11) is 0. The van der Waals surface area contributed by atoms with Crippen molar-refractivity contribution in [1.82, 2.24) is 0 Å². The number of halogens is 2. The van der Waals surface area contributed by atoms with Crippen LogP contribution in [0, 0.1) is 6.92 Å². The van der Waals surface area contributed by atoms with E-state index in [-0.39, 0.29) is 0 Å². The molecule has 0 radical (unpaired) electrons. The van der Waals surface area contributed by atoms with E-state index in [9.17, 15) is 0 Å². The fourth-order valence-electron chi connectivity index (χ4n) is 1.40.